The first kappa shape index (κ1) is 11.6. The zero-order chi connectivity index (χ0) is 11.2. The first-order chi connectivity index (χ1) is 7.88. The second-order valence-electron chi connectivity index (χ2n) is 4.49. The highest BCUT2D eigenvalue weighted by Gasteiger charge is 2.27. The molecule has 0 amide bonds. The first-order valence-corrected chi connectivity index (χ1v) is 6.10. The summed E-state index contributed by atoms with van der Waals surface area (Å²) >= 11 is 0. The quantitative estimate of drug-likeness (QED) is 0.711. The Morgan fingerprint density at radius 1 is 1.44 bits per heavy atom. The van der Waals surface area contributed by atoms with E-state index in [9.17, 15) is 0 Å². The predicted octanol–water partition coefficient (Wildman–Crippen LogP) is 1.43. The minimum absolute atomic E-state index is 0.503. The van der Waals surface area contributed by atoms with Crippen LogP contribution in [0.25, 0.3) is 0 Å². The van der Waals surface area contributed by atoms with Gasteiger partial charge in [0.05, 0.1) is 12.4 Å². The van der Waals surface area contributed by atoms with Gasteiger partial charge in [0, 0.05) is 32.1 Å². The zero-order valence-corrected chi connectivity index (χ0v) is 9.93. The van der Waals surface area contributed by atoms with E-state index < -0.39 is 0 Å². The summed E-state index contributed by atoms with van der Waals surface area (Å²) in [6.07, 6.45) is 11.0. The monoisotopic (exact) mass is 223 g/mol. The third kappa shape index (κ3) is 3.32. The molecule has 4 heteroatoms. The molecule has 1 heterocycles. The van der Waals surface area contributed by atoms with E-state index in [-0.39, 0.29) is 0 Å². The third-order valence-corrected chi connectivity index (χ3v) is 3.26. The van der Waals surface area contributed by atoms with Gasteiger partial charge in [-0.1, -0.05) is 0 Å². The van der Waals surface area contributed by atoms with Crippen molar-refractivity contribution in [1.82, 2.24) is 14.9 Å². The van der Waals surface area contributed by atoms with Crippen LogP contribution in [0.2, 0.25) is 0 Å². The van der Waals surface area contributed by atoms with E-state index in [2.05, 4.69) is 14.9 Å². The summed E-state index contributed by atoms with van der Waals surface area (Å²) in [7, 11) is 1.80. The number of aromatic nitrogens is 2. The zero-order valence-electron chi connectivity index (χ0n) is 9.93. The molecule has 0 aliphatic heterocycles. The van der Waals surface area contributed by atoms with Crippen molar-refractivity contribution in [3.05, 3.63) is 18.7 Å². The Bertz CT molecular complexity index is 280. The smallest absolute Gasteiger partial charge is 0.0945 e. The maximum atomic E-state index is 5.24. The van der Waals surface area contributed by atoms with Crippen LogP contribution < -0.4 is 5.32 Å². The Morgan fingerprint density at radius 3 is 3.00 bits per heavy atom. The van der Waals surface area contributed by atoms with Crippen molar-refractivity contribution in [1.29, 1.82) is 0 Å². The highest BCUT2D eigenvalue weighted by molar-refractivity contribution is 4.85. The van der Waals surface area contributed by atoms with Crippen LogP contribution in [0.5, 0.6) is 0 Å². The average molecular weight is 223 g/mol. The van der Waals surface area contributed by atoms with Crippen LogP contribution in [-0.2, 0) is 11.3 Å². The fraction of sp³-hybridized carbons (Fsp3) is 0.750. The van der Waals surface area contributed by atoms with Gasteiger partial charge < -0.3 is 14.6 Å². The number of nitrogens with zero attached hydrogens (tertiary/aromatic N) is 2. The second kappa shape index (κ2) is 6.01. The van der Waals surface area contributed by atoms with E-state index in [0.29, 0.717) is 12.1 Å². The molecule has 1 N–H and O–H groups in total. The molecule has 0 saturated heterocycles. The molecule has 4 nitrogen and oxygen atoms in total. The molecule has 1 saturated carbocycles. The van der Waals surface area contributed by atoms with Gasteiger partial charge in [-0.3, -0.25) is 0 Å². The molecule has 1 aromatic heterocycles. The first-order valence-electron chi connectivity index (χ1n) is 6.10. The van der Waals surface area contributed by atoms with Crippen LogP contribution in [0.4, 0.5) is 0 Å². The predicted molar refractivity (Wildman–Crippen MR) is 63.3 cm³/mol. The Balaban J connectivity index is 1.44. The third-order valence-electron chi connectivity index (χ3n) is 3.26. The van der Waals surface area contributed by atoms with Crippen molar-refractivity contribution in [3.8, 4) is 0 Å². The summed E-state index contributed by atoms with van der Waals surface area (Å²) in [5, 5.41) is 3.56. The number of unbranched alkanes of at least 4 members (excludes halogenated alkanes) is 1. The van der Waals surface area contributed by atoms with Crippen molar-refractivity contribution in [3.63, 3.8) is 0 Å². The molecule has 0 spiro atoms. The number of imidazole rings is 1. The molecule has 0 bridgehead atoms. The lowest BCUT2D eigenvalue weighted by Crippen LogP contribution is -2.45. The van der Waals surface area contributed by atoms with Crippen molar-refractivity contribution in [2.24, 2.45) is 0 Å². The number of nitrogens with one attached hydrogen (secondary N) is 1. The molecule has 1 aliphatic carbocycles. The highest BCUT2D eigenvalue weighted by Crippen LogP contribution is 2.22. The number of methoxy groups -OCH3 is 1. The van der Waals surface area contributed by atoms with Crippen molar-refractivity contribution >= 4 is 0 Å². The maximum absolute atomic E-state index is 5.24. The summed E-state index contributed by atoms with van der Waals surface area (Å²) in [6.45, 7) is 2.20. The molecule has 1 fully saturated rings. The van der Waals surface area contributed by atoms with Gasteiger partial charge in [0.2, 0.25) is 0 Å². The van der Waals surface area contributed by atoms with Crippen LogP contribution in [-0.4, -0.2) is 35.4 Å². The normalized spacial score (nSPS) is 24.3. The average Bonchev–Trinajstić information content (AvgIpc) is 2.73. The summed E-state index contributed by atoms with van der Waals surface area (Å²) in [6, 6.07) is 0.693. The molecule has 2 rings (SSSR count). The standard InChI is InChI=1S/C12H21N3O/c1-16-12-8-11(9-12)14-4-2-3-6-15-7-5-13-10-15/h5,7,10-12,14H,2-4,6,8-9H2,1H3. The van der Waals surface area contributed by atoms with Gasteiger partial charge in [0.25, 0.3) is 0 Å². The molecular weight excluding hydrogens is 202 g/mol. The van der Waals surface area contributed by atoms with E-state index in [1.54, 1.807) is 7.11 Å². The van der Waals surface area contributed by atoms with E-state index in [1.165, 1.54) is 25.7 Å². The van der Waals surface area contributed by atoms with Crippen molar-refractivity contribution in [2.75, 3.05) is 13.7 Å². The van der Waals surface area contributed by atoms with Crippen LogP contribution in [0.15, 0.2) is 18.7 Å². The molecule has 0 aromatic carbocycles. The lowest BCUT2D eigenvalue weighted by Gasteiger charge is -2.34. The van der Waals surface area contributed by atoms with Crippen molar-refractivity contribution in [2.45, 2.75) is 44.4 Å². The summed E-state index contributed by atoms with van der Waals surface area (Å²) in [5.74, 6) is 0. The van der Waals surface area contributed by atoms with Gasteiger partial charge in [-0.15, -0.1) is 0 Å². The van der Waals surface area contributed by atoms with Crippen LogP contribution in [0, 0.1) is 0 Å². The number of hydrogen-bond acceptors (Lipinski definition) is 3. The Morgan fingerprint density at radius 2 is 2.31 bits per heavy atom. The van der Waals surface area contributed by atoms with Gasteiger partial charge in [0.15, 0.2) is 0 Å². The molecule has 0 radical (unpaired) electrons. The SMILES string of the molecule is COC1CC(NCCCCn2ccnc2)C1. The van der Waals surface area contributed by atoms with Crippen LogP contribution in [0.3, 0.4) is 0 Å². The maximum Gasteiger partial charge on any atom is 0.0945 e. The van der Waals surface area contributed by atoms with Crippen LogP contribution >= 0.6 is 0 Å². The fourth-order valence-electron chi connectivity index (χ4n) is 2.07. The summed E-state index contributed by atoms with van der Waals surface area (Å²) < 4.78 is 7.37. The van der Waals surface area contributed by atoms with E-state index in [1.807, 2.05) is 18.7 Å². The van der Waals surface area contributed by atoms with Crippen LogP contribution in [0.1, 0.15) is 25.7 Å². The lowest BCUT2D eigenvalue weighted by atomic mass is 9.89. The molecule has 0 atom stereocenters. The van der Waals surface area contributed by atoms with Gasteiger partial charge in [-0.25, -0.2) is 4.98 Å². The second-order valence-corrected chi connectivity index (χ2v) is 4.49. The summed E-state index contributed by atoms with van der Waals surface area (Å²) in [5.41, 5.74) is 0. The molecule has 1 aliphatic rings. The number of ether oxygens (including phenoxy) is 1. The number of aryl methyl sites for hydroxylation is 1. The lowest BCUT2D eigenvalue weighted by molar-refractivity contribution is 0.0175. The van der Waals surface area contributed by atoms with Gasteiger partial charge >= 0.3 is 0 Å². The fourth-order valence-corrected chi connectivity index (χ4v) is 2.07. The Hall–Kier alpha value is -0.870. The molecule has 16 heavy (non-hydrogen) atoms. The molecule has 1 aromatic rings. The van der Waals surface area contributed by atoms with E-state index >= 15 is 0 Å². The van der Waals surface area contributed by atoms with E-state index in [0.717, 1.165) is 13.1 Å². The minimum atomic E-state index is 0.503. The Labute approximate surface area is 97.0 Å². The minimum Gasteiger partial charge on any atom is -0.381 e. The van der Waals surface area contributed by atoms with Gasteiger partial charge in [-0.05, 0) is 32.2 Å². The van der Waals surface area contributed by atoms with Crippen molar-refractivity contribution < 1.29 is 4.74 Å². The molecular formula is C12H21N3O. The summed E-state index contributed by atoms with van der Waals surface area (Å²) in [4.78, 5) is 4.02. The number of hydrogen-bond donors (Lipinski definition) is 1. The highest BCUT2D eigenvalue weighted by atomic mass is 16.5. The van der Waals surface area contributed by atoms with E-state index in [4.69, 9.17) is 4.74 Å². The Kier molecular flexibility index (Phi) is 4.36. The van der Waals surface area contributed by atoms with Gasteiger partial charge in [0.1, 0.15) is 0 Å². The topological polar surface area (TPSA) is 39.1 Å². The van der Waals surface area contributed by atoms with Gasteiger partial charge in [-0.2, -0.15) is 0 Å². The largest absolute Gasteiger partial charge is 0.381 e. The number of rotatable bonds is 7. The molecule has 90 valence electrons. The molecule has 0 unspecified atom stereocenters.